The molecule has 1 atom stereocenters. The monoisotopic (exact) mass is 360 g/mol. The number of ether oxygens (including phenoxy) is 3. The summed E-state index contributed by atoms with van der Waals surface area (Å²) in [6, 6.07) is 3.50. The van der Waals surface area contributed by atoms with Crippen molar-refractivity contribution < 1.29 is 19.0 Å². The Bertz CT molecular complexity index is 621. The van der Waals surface area contributed by atoms with Gasteiger partial charge in [0.15, 0.2) is 0 Å². The van der Waals surface area contributed by atoms with E-state index in [0.29, 0.717) is 17.5 Å². The predicted octanol–water partition coefficient (Wildman–Crippen LogP) is 2.67. The van der Waals surface area contributed by atoms with E-state index in [4.69, 9.17) is 14.2 Å². The molecular weight excluding hydrogens is 332 g/mol. The van der Waals surface area contributed by atoms with E-state index >= 15 is 0 Å². The molecule has 142 valence electrons. The largest absolute Gasteiger partial charge is 0.481 e. The quantitative estimate of drug-likeness (QED) is 0.808. The van der Waals surface area contributed by atoms with Crippen molar-refractivity contribution in [2.75, 3.05) is 33.4 Å². The summed E-state index contributed by atoms with van der Waals surface area (Å²) in [6.45, 7) is 3.13. The number of hydrogen-bond donors (Lipinski definition) is 0. The Morgan fingerprint density at radius 3 is 2.77 bits per heavy atom. The van der Waals surface area contributed by atoms with E-state index in [1.54, 1.807) is 25.4 Å². The zero-order chi connectivity index (χ0) is 18.0. The Morgan fingerprint density at radius 2 is 2.12 bits per heavy atom. The van der Waals surface area contributed by atoms with Crippen molar-refractivity contribution in [1.82, 2.24) is 9.88 Å². The maximum Gasteiger partial charge on any atom is 0.255 e. The fourth-order valence-corrected chi connectivity index (χ4v) is 3.96. The molecule has 0 radical (unpaired) electrons. The number of nitrogens with zero attached hydrogens (tertiary/aromatic N) is 2. The highest BCUT2D eigenvalue weighted by molar-refractivity contribution is 5.94. The summed E-state index contributed by atoms with van der Waals surface area (Å²) < 4.78 is 17.3. The molecule has 0 aromatic carbocycles. The van der Waals surface area contributed by atoms with Crippen molar-refractivity contribution in [3.8, 4) is 5.88 Å². The van der Waals surface area contributed by atoms with Crippen LogP contribution in [0.2, 0.25) is 0 Å². The SMILES string of the molecule is COc1ccc(C(=O)N2CCC3(CC2)CC(OCC2CC2)CCO3)cn1. The minimum atomic E-state index is -0.110. The third kappa shape index (κ3) is 4.01. The van der Waals surface area contributed by atoms with Gasteiger partial charge >= 0.3 is 0 Å². The second-order valence-electron chi connectivity index (χ2n) is 7.80. The molecule has 1 aliphatic carbocycles. The number of hydrogen-bond acceptors (Lipinski definition) is 5. The minimum Gasteiger partial charge on any atom is -0.481 e. The van der Waals surface area contributed by atoms with Crippen LogP contribution in [0.5, 0.6) is 5.88 Å². The molecule has 26 heavy (non-hydrogen) atoms. The molecule has 1 spiro atoms. The summed E-state index contributed by atoms with van der Waals surface area (Å²) in [5, 5.41) is 0. The molecule has 6 heteroatoms. The summed E-state index contributed by atoms with van der Waals surface area (Å²) in [4.78, 5) is 18.7. The lowest BCUT2D eigenvalue weighted by atomic mass is 9.83. The smallest absolute Gasteiger partial charge is 0.255 e. The standard InChI is InChI=1S/C20H28N2O4/c1-24-18-5-4-16(13-21-18)19(23)22-9-7-20(8-10-22)12-17(6-11-26-20)25-14-15-2-3-15/h4-5,13,15,17H,2-3,6-12,14H2,1H3. The number of carbonyl (C=O) groups excluding carboxylic acids is 1. The van der Waals surface area contributed by atoms with Crippen LogP contribution in [0.4, 0.5) is 0 Å². The van der Waals surface area contributed by atoms with Crippen LogP contribution < -0.4 is 4.74 Å². The van der Waals surface area contributed by atoms with Crippen LogP contribution in [0, 0.1) is 5.92 Å². The van der Waals surface area contributed by atoms with E-state index in [9.17, 15) is 4.79 Å². The van der Waals surface area contributed by atoms with Gasteiger partial charge in [0.05, 0.1) is 24.4 Å². The molecule has 6 nitrogen and oxygen atoms in total. The van der Waals surface area contributed by atoms with Crippen molar-refractivity contribution in [2.45, 2.75) is 50.2 Å². The number of pyridine rings is 1. The van der Waals surface area contributed by atoms with Crippen molar-refractivity contribution >= 4 is 5.91 Å². The van der Waals surface area contributed by atoms with E-state index in [2.05, 4.69) is 4.98 Å². The molecule has 3 heterocycles. The van der Waals surface area contributed by atoms with E-state index in [1.807, 2.05) is 4.90 Å². The van der Waals surface area contributed by atoms with Gasteiger partial charge in [0.25, 0.3) is 5.91 Å². The predicted molar refractivity (Wildman–Crippen MR) is 96.3 cm³/mol. The summed E-state index contributed by atoms with van der Waals surface area (Å²) >= 11 is 0. The van der Waals surface area contributed by atoms with Crippen molar-refractivity contribution in [3.63, 3.8) is 0 Å². The molecule has 1 aromatic rings. The molecule has 1 amide bonds. The Kier molecular flexibility index (Phi) is 5.14. The zero-order valence-electron chi connectivity index (χ0n) is 15.5. The second kappa shape index (κ2) is 7.53. The van der Waals surface area contributed by atoms with Gasteiger partial charge in [0.1, 0.15) is 0 Å². The summed E-state index contributed by atoms with van der Waals surface area (Å²) in [5.74, 6) is 1.35. The normalized spacial score (nSPS) is 25.3. The summed E-state index contributed by atoms with van der Waals surface area (Å²) in [7, 11) is 1.57. The molecule has 1 unspecified atom stereocenters. The fraction of sp³-hybridized carbons (Fsp3) is 0.700. The molecule has 3 fully saturated rings. The van der Waals surface area contributed by atoms with Gasteiger partial charge in [-0.15, -0.1) is 0 Å². The van der Waals surface area contributed by atoms with Gasteiger partial charge in [0.2, 0.25) is 5.88 Å². The molecule has 0 N–H and O–H groups in total. The average Bonchev–Trinajstić information content (AvgIpc) is 3.51. The highest BCUT2D eigenvalue weighted by Crippen LogP contribution is 2.37. The third-order valence-corrected chi connectivity index (χ3v) is 5.87. The van der Waals surface area contributed by atoms with Gasteiger partial charge < -0.3 is 19.1 Å². The van der Waals surface area contributed by atoms with Gasteiger partial charge in [-0.25, -0.2) is 4.98 Å². The Balaban J connectivity index is 1.31. The van der Waals surface area contributed by atoms with Crippen LogP contribution in [-0.4, -0.2) is 60.9 Å². The highest BCUT2D eigenvalue weighted by atomic mass is 16.5. The molecule has 1 saturated carbocycles. The molecule has 2 aliphatic heterocycles. The average molecular weight is 360 g/mol. The first-order valence-electron chi connectivity index (χ1n) is 9.72. The first-order valence-corrected chi connectivity index (χ1v) is 9.72. The van der Waals surface area contributed by atoms with Gasteiger partial charge in [-0.3, -0.25) is 4.79 Å². The van der Waals surface area contributed by atoms with Crippen LogP contribution in [0.25, 0.3) is 0 Å². The first kappa shape index (κ1) is 17.7. The summed E-state index contributed by atoms with van der Waals surface area (Å²) in [6.07, 6.45) is 8.27. The molecule has 1 aromatic heterocycles. The number of aromatic nitrogens is 1. The number of carbonyl (C=O) groups is 1. The molecule has 0 bridgehead atoms. The summed E-state index contributed by atoms with van der Waals surface area (Å²) in [5.41, 5.74) is 0.499. The van der Waals surface area contributed by atoms with Gasteiger partial charge in [0, 0.05) is 45.0 Å². The topological polar surface area (TPSA) is 60.9 Å². The number of amides is 1. The van der Waals surface area contributed by atoms with E-state index < -0.39 is 0 Å². The molecule has 2 saturated heterocycles. The minimum absolute atomic E-state index is 0.0346. The third-order valence-electron chi connectivity index (χ3n) is 5.87. The van der Waals surface area contributed by atoms with E-state index in [1.165, 1.54) is 12.8 Å². The fourth-order valence-electron chi connectivity index (χ4n) is 3.96. The molecular formula is C20H28N2O4. The Morgan fingerprint density at radius 1 is 1.31 bits per heavy atom. The van der Waals surface area contributed by atoms with Crippen LogP contribution in [0.1, 0.15) is 48.9 Å². The lowest BCUT2D eigenvalue weighted by Crippen LogP contribution is -2.52. The number of piperidine rings is 1. The molecule has 4 rings (SSSR count). The van der Waals surface area contributed by atoms with Crippen LogP contribution in [0.15, 0.2) is 18.3 Å². The maximum absolute atomic E-state index is 12.7. The van der Waals surface area contributed by atoms with Crippen molar-refractivity contribution in [2.24, 2.45) is 5.92 Å². The van der Waals surface area contributed by atoms with Crippen molar-refractivity contribution in [3.05, 3.63) is 23.9 Å². The zero-order valence-corrected chi connectivity index (χ0v) is 15.5. The van der Waals surface area contributed by atoms with Gasteiger partial charge in [-0.1, -0.05) is 0 Å². The number of methoxy groups -OCH3 is 1. The van der Waals surface area contributed by atoms with Gasteiger partial charge in [-0.05, 0) is 44.1 Å². The second-order valence-corrected chi connectivity index (χ2v) is 7.80. The lowest BCUT2D eigenvalue weighted by molar-refractivity contribution is -0.153. The highest BCUT2D eigenvalue weighted by Gasteiger charge is 2.42. The number of rotatable bonds is 5. The van der Waals surface area contributed by atoms with Crippen LogP contribution in [0.3, 0.4) is 0 Å². The van der Waals surface area contributed by atoms with Crippen LogP contribution in [-0.2, 0) is 9.47 Å². The first-order chi connectivity index (χ1) is 12.7. The lowest BCUT2D eigenvalue weighted by Gasteiger charge is -2.46. The van der Waals surface area contributed by atoms with E-state index in [0.717, 1.165) is 57.9 Å². The maximum atomic E-state index is 12.7. The molecule has 3 aliphatic rings. The Hall–Kier alpha value is -1.66. The van der Waals surface area contributed by atoms with E-state index in [-0.39, 0.29) is 11.5 Å². The van der Waals surface area contributed by atoms with Gasteiger partial charge in [-0.2, -0.15) is 0 Å². The number of likely N-dealkylation sites (tertiary alicyclic amines) is 1. The van der Waals surface area contributed by atoms with Crippen molar-refractivity contribution in [1.29, 1.82) is 0 Å². The van der Waals surface area contributed by atoms with Crippen LogP contribution >= 0.6 is 0 Å². The Labute approximate surface area is 154 Å².